The number of carbonyl (C=O) groups is 1. The van der Waals surface area contributed by atoms with Gasteiger partial charge < -0.3 is 46.8 Å². The second kappa shape index (κ2) is 9.61. The lowest BCUT2D eigenvalue weighted by molar-refractivity contribution is -0.378. The molecule has 0 spiro atoms. The van der Waals surface area contributed by atoms with Crippen LogP contribution in [-0.2, 0) is 22.8 Å². The van der Waals surface area contributed by atoms with Crippen molar-refractivity contribution in [3.8, 4) is 5.06 Å². The predicted molar refractivity (Wildman–Crippen MR) is 121 cm³/mol. The Hall–Kier alpha value is -3.14. The van der Waals surface area contributed by atoms with Gasteiger partial charge in [-0.25, -0.2) is 4.98 Å². The first-order valence-corrected chi connectivity index (χ1v) is 10.7. The van der Waals surface area contributed by atoms with Crippen molar-refractivity contribution in [2.75, 3.05) is 17.6 Å². The standard InChI is InChI=1S/C21H24N4O8S/c22-18-25-15(16(26)34-18)19(28,29)17(27)24-14-8-6-13(7-9-14)20(30,31)21(32,33)23-11-10-12-4-2-1-3-5-12/h1-9,23,26,28-33H,10-11H2,(H2,22,25)(H,24,27). The molecule has 13 heteroatoms. The summed E-state index contributed by atoms with van der Waals surface area (Å²) >= 11 is 0.544. The summed E-state index contributed by atoms with van der Waals surface area (Å²) in [6.07, 6.45) is 0.384. The van der Waals surface area contributed by atoms with Gasteiger partial charge in [0, 0.05) is 17.8 Å². The molecule has 1 aromatic heterocycles. The number of aromatic hydroxyl groups is 1. The molecule has 3 rings (SSSR count). The number of hydrogen-bond donors (Lipinski definition) is 10. The maximum atomic E-state index is 12.3. The number of nitrogens with zero attached hydrogens (tertiary/aromatic N) is 1. The number of carbonyl (C=O) groups excluding carboxylic acids is 1. The normalized spacial score (nSPS) is 12.5. The number of aliphatic hydroxyl groups is 6. The van der Waals surface area contributed by atoms with Crippen LogP contribution < -0.4 is 16.4 Å². The van der Waals surface area contributed by atoms with Crippen LogP contribution in [0.2, 0.25) is 0 Å². The van der Waals surface area contributed by atoms with E-state index in [-0.39, 0.29) is 22.9 Å². The van der Waals surface area contributed by atoms with Gasteiger partial charge in [-0.15, -0.1) is 0 Å². The molecule has 0 unspecified atom stereocenters. The average molecular weight is 493 g/mol. The average Bonchev–Trinajstić information content (AvgIpc) is 3.13. The van der Waals surface area contributed by atoms with Crippen LogP contribution in [0.25, 0.3) is 0 Å². The third-order valence-electron chi connectivity index (χ3n) is 4.93. The molecule has 0 fully saturated rings. The highest BCUT2D eigenvalue weighted by Gasteiger charge is 2.49. The Labute approximate surface area is 197 Å². The van der Waals surface area contributed by atoms with Gasteiger partial charge in [0.15, 0.2) is 10.8 Å². The quantitative estimate of drug-likeness (QED) is 0.160. The van der Waals surface area contributed by atoms with Gasteiger partial charge in [0.25, 0.3) is 23.4 Å². The van der Waals surface area contributed by atoms with Crippen LogP contribution in [-0.4, -0.2) is 59.1 Å². The van der Waals surface area contributed by atoms with Crippen LogP contribution in [0, 0.1) is 0 Å². The Morgan fingerprint density at radius 3 is 2.15 bits per heavy atom. The Morgan fingerprint density at radius 2 is 1.59 bits per heavy atom. The molecule has 12 nitrogen and oxygen atoms in total. The summed E-state index contributed by atoms with van der Waals surface area (Å²) in [5.41, 5.74) is 5.17. The van der Waals surface area contributed by atoms with Crippen LogP contribution in [0.15, 0.2) is 54.6 Å². The van der Waals surface area contributed by atoms with Gasteiger partial charge in [-0.3, -0.25) is 10.1 Å². The monoisotopic (exact) mass is 492 g/mol. The summed E-state index contributed by atoms with van der Waals surface area (Å²) in [7, 11) is 0. The molecule has 1 amide bonds. The van der Waals surface area contributed by atoms with Gasteiger partial charge in [-0.2, -0.15) is 0 Å². The van der Waals surface area contributed by atoms with E-state index in [9.17, 15) is 40.5 Å². The maximum Gasteiger partial charge on any atom is 0.294 e. The first kappa shape index (κ1) is 25.5. The Morgan fingerprint density at radius 1 is 0.971 bits per heavy atom. The lowest BCUT2D eigenvalue weighted by Crippen LogP contribution is -2.61. The highest BCUT2D eigenvalue weighted by molar-refractivity contribution is 7.17. The van der Waals surface area contributed by atoms with Crippen LogP contribution in [0.4, 0.5) is 10.8 Å². The number of anilines is 2. The first-order chi connectivity index (χ1) is 15.8. The topological polar surface area (TPSA) is 222 Å². The van der Waals surface area contributed by atoms with Gasteiger partial charge in [0.1, 0.15) is 0 Å². The molecule has 2 aromatic carbocycles. The molecule has 0 radical (unpaired) electrons. The summed E-state index contributed by atoms with van der Waals surface area (Å²) in [6.45, 7) is 0.0110. The Balaban J connectivity index is 1.67. The zero-order valence-electron chi connectivity index (χ0n) is 17.6. The number of benzene rings is 2. The van der Waals surface area contributed by atoms with Gasteiger partial charge >= 0.3 is 0 Å². The fraction of sp³-hybridized carbons (Fsp3) is 0.238. The fourth-order valence-electron chi connectivity index (χ4n) is 3.02. The Bertz CT molecular complexity index is 1130. The molecule has 1 heterocycles. The number of nitrogens with two attached hydrogens (primary N) is 1. The van der Waals surface area contributed by atoms with Gasteiger partial charge in [0.05, 0.1) is 0 Å². The van der Waals surface area contributed by atoms with Gasteiger partial charge in [-0.05, 0) is 24.1 Å². The molecular weight excluding hydrogens is 468 g/mol. The molecule has 3 aromatic rings. The molecule has 0 bridgehead atoms. The smallest absolute Gasteiger partial charge is 0.294 e. The van der Waals surface area contributed by atoms with E-state index in [0.717, 1.165) is 29.8 Å². The summed E-state index contributed by atoms with van der Waals surface area (Å²) in [5, 5.41) is 74.6. The predicted octanol–water partition coefficient (Wildman–Crippen LogP) is -1.18. The molecule has 0 aliphatic carbocycles. The third-order valence-corrected chi connectivity index (χ3v) is 5.62. The second-order valence-corrected chi connectivity index (χ2v) is 8.43. The molecule has 0 saturated heterocycles. The largest absolute Gasteiger partial charge is 0.498 e. The third kappa shape index (κ3) is 5.32. The zero-order valence-corrected chi connectivity index (χ0v) is 18.4. The SMILES string of the molecule is Nc1nc(C(O)(O)C(=O)Nc2ccc(C(O)(O)C(O)(O)NCCc3ccccc3)cc2)c(O)s1. The number of nitrogen functional groups attached to an aromatic ring is 1. The van der Waals surface area contributed by atoms with Crippen molar-refractivity contribution in [1.29, 1.82) is 0 Å². The lowest BCUT2D eigenvalue weighted by atomic mass is 10.0. The molecule has 34 heavy (non-hydrogen) atoms. The van der Waals surface area contributed by atoms with Gasteiger partial charge in [0.2, 0.25) is 5.06 Å². The molecule has 0 aliphatic heterocycles. The highest BCUT2D eigenvalue weighted by atomic mass is 32.1. The van der Waals surface area contributed by atoms with E-state index in [4.69, 9.17) is 5.73 Å². The lowest BCUT2D eigenvalue weighted by Gasteiger charge is -2.35. The van der Waals surface area contributed by atoms with Crippen LogP contribution >= 0.6 is 11.3 Å². The number of aromatic nitrogens is 1. The summed E-state index contributed by atoms with van der Waals surface area (Å²) in [5.74, 6) is -10.8. The summed E-state index contributed by atoms with van der Waals surface area (Å²) in [6, 6.07) is 13.6. The molecular formula is C21H24N4O8S. The van der Waals surface area contributed by atoms with E-state index < -0.39 is 34.1 Å². The minimum absolute atomic E-state index is 0.0110. The van der Waals surface area contributed by atoms with Crippen LogP contribution in [0.5, 0.6) is 5.06 Å². The molecule has 0 saturated carbocycles. The van der Waals surface area contributed by atoms with E-state index in [1.807, 2.05) is 30.3 Å². The number of rotatable bonds is 9. The zero-order chi connectivity index (χ0) is 25.1. The molecule has 182 valence electrons. The second-order valence-electron chi connectivity index (χ2n) is 7.42. The first-order valence-electron chi connectivity index (χ1n) is 9.85. The van der Waals surface area contributed by atoms with Crippen LogP contribution in [0.3, 0.4) is 0 Å². The van der Waals surface area contributed by atoms with Crippen molar-refractivity contribution in [2.24, 2.45) is 0 Å². The number of nitrogens with one attached hydrogen (secondary N) is 2. The highest BCUT2D eigenvalue weighted by Crippen LogP contribution is 2.35. The minimum atomic E-state index is -3.21. The van der Waals surface area contributed by atoms with Crippen molar-refractivity contribution >= 4 is 28.1 Å². The van der Waals surface area contributed by atoms with E-state index >= 15 is 0 Å². The molecule has 0 atom stereocenters. The summed E-state index contributed by atoms with van der Waals surface area (Å²) < 4.78 is 0. The van der Waals surface area contributed by atoms with Crippen molar-refractivity contribution < 1.29 is 40.5 Å². The molecule has 11 N–H and O–H groups in total. The van der Waals surface area contributed by atoms with Crippen LogP contribution in [0.1, 0.15) is 16.8 Å². The minimum Gasteiger partial charge on any atom is -0.498 e. The number of hydrogen-bond acceptors (Lipinski definition) is 12. The molecule has 0 aliphatic rings. The van der Waals surface area contributed by atoms with Crippen molar-refractivity contribution in [2.45, 2.75) is 23.9 Å². The van der Waals surface area contributed by atoms with Gasteiger partial charge in [-0.1, -0.05) is 53.8 Å². The van der Waals surface area contributed by atoms with Crippen molar-refractivity contribution in [3.63, 3.8) is 0 Å². The van der Waals surface area contributed by atoms with Crippen molar-refractivity contribution in [3.05, 3.63) is 71.4 Å². The van der Waals surface area contributed by atoms with E-state index in [1.54, 1.807) is 0 Å². The fourth-order valence-corrected chi connectivity index (χ4v) is 3.64. The number of amides is 1. The summed E-state index contributed by atoms with van der Waals surface area (Å²) in [4.78, 5) is 15.8. The van der Waals surface area contributed by atoms with E-state index in [0.29, 0.717) is 17.8 Å². The Kier molecular flexibility index (Phi) is 7.21. The van der Waals surface area contributed by atoms with E-state index in [2.05, 4.69) is 15.6 Å². The maximum absolute atomic E-state index is 12.3. The number of thiazole rings is 1. The van der Waals surface area contributed by atoms with Crippen molar-refractivity contribution in [1.82, 2.24) is 10.3 Å². The van der Waals surface area contributed by atoms with E-state index in [1.165, 1.54) is 0 Å².